The normalized spacial score (nSPS) is 10.6. The van der Waals surface area contributed by atoms with E-state index in [1.165, 1.54) is 24.3 Å². The van der Waals surface area contributed by atoms with Crippen molar-refractivity contribution in [3.63, 3.8) is 0 Å². The maximum absolute atomic E-state index is 13.1. The van der Waals surface area contributed by atoms with Crippen molar-refractivity contribution in [1.29, 1.82) is 0 Å². The number of pyridine rings is 1. The first-order valence-electron chi connectivity index (χ1n) is 9.58. The van der Waals surface area contributed by atoms with Gasteiger partial charge in [-0.15, -0.1) is 0 Å². The summed E-state index contributed by atoms with van der Waals surface area (Å²) in [6.07, 6.45) is 1.67. The van der Waals surface area contributed by atoms with Crippen LogP contribution >= 0.6 is 0 Å². The lowest BCUT2D eigenvalue weighted by molar-refractivity contribution is -0.684. The smallest absolute Gasteiger partial charge is 0.409 e. The molecule has 1 aromatic heterocycles. The summed E-state index contributed by atoms with van der Waals surface area (Å²) in [6, 6.07) is 23.7. The average molecular weight is 412 g/mol. The van der Waals surface area contributed by atoms with Crippen molar-refractivity contribution in [3.05, 3.63) is 108 Å². The fourth-order valence-electron chi connectivity index (χ4n) is 3.33. The minimum atomic E-state index is -1.12. The molecular weight excluding hydrogens is 394 g/mol. The summed E-state index contributed by atoms with van der Waals surface area (Å²) in [4.78, 5) is 37.1. The van der Waals surface area contributed by atoms with Crippen LogP contribution in [-0.4, -0.2) is 22.8 Å². The van der Waals surface area contributed by atoms with Crippen LogP contribution in [0.15, 0.2) is 91.1 Å². The third-order valence-corrected chi connectivity index (χ3v) is 4.83. The van der Waals surface area contributed by atoms with Gasteiger partial charge in [-0.05, 0) is 29.7 Å². The molecule has 0 atom stereocenters. The second-order valence-corrected chi connectivity index (χ2v) is 6.89. The predicted molar refractivity (Wildman–Crippen MR) is 113 cm³/mol. The molecule has 0 saturated carbocycles. The highest BCUT2D eigenvalue weighted by Crippen LogP contribution is 2.19. The number of fused-ring (bicyclic) bond motifs is 1. The van der Waals surface area contributed by atoms with Crippen LogP contribution < -0.4 is 9.30 Å². The van der Waals surface area contributed by atoms with Crippen LogP contribution in [-0.2, 0) is 6.54 Å². The highest BCUT2D eigenvalue weighted by molar-refractivity contribution is 6.02. The van der Waals surface area contributed by atoms with E-state index < -0.39 is 11.9 Å². The van der Waals surface area contributed by atoms with Crippen LogP contribution in [0.4, 0.5) is 0 Å². The van der Waals surface area contributed by atoms with Gasteiger partial charge >= 0.3 is 11.9 Å². The Kier molecular flexibility index (Phi) is 5.53. The van der Waals surface area contributed by atoms with Crippen molar-refractivity contribution in [2.75, 3.05) is 0 Å². The molecule has 0 saturated heterocycles. The lowest BCUT2D eigenvalue weighted by atomic mass is 10.1. The van der Waals surface area contributed by atoms with E-state index in [9.17, 15) is 19.5 Å². The Morgan fingerprint density at radius 3 is 2.29 bits per heavy atom. The maximum Gasteiger partial charge on any atom is 0.409 e. The zero-order valence-corrected chi connectivity index (χ0v) is 16.4. The number of benzene rings is 3. The molecule has 0 unspecified atom stereocenters. The molecule has 31 heavy (non-hydrogen) atoms. The molecule has 0 aliphatic heterocycles. The van der Waals surface area contributed by atoms with Gasteiger partial charge in [0.25, 0.3) is 5.69 Å². The zero-order valence-electron chi connectivity index (χ0n) is 16.4. The second-order valence-electron chi connectivity index (χ2n) is 6.89. The Balaban J connectivity index is 1.73. The summed E-state index contributed by atoms with van der Waals surface area (Å²) in [5, 5.41) is 10.6. The molecule has 0 radical (unpaired) electrons. The number of rotatable bonds is 6. The number of ketones is 1. The number of esters is 1. The topological polar surface area (TPSA) is 84.6 Å². The van der Waals surface area contributed by atoms with Gasteiger partial charge in [-0.1, -0.05) is 54.6 Å². The van der Waals surface area contributed by atoms with Gasteiger partial charge in [-0.25, -0.2) is 9.59 Å². The van der Waals surface area contributed by atoms with Crippen molar-refractivity contribution in [3.8, 4) is 5.75 Å². The minimum absolute atomic E-state index is 0.00958. The van der Waals surface area contributed by atoms with E-state index in [-0.39, 0.29) is 29.3 Å². The van der Waals surface area contributed by atoms with E-state index in [0.717, 1.165) is 5.39 Å². The van der Waals surface area contributed by atoms with Gasteiger partial charge in [0.05, 0.1) is 10.9 Å². The molecule has 0 aliphatic rings. The largest absolute Gasteiger partial charge is 0.478 e. The number of aromatic carboxylic acids is 1. The monoisotopic (exact) mass is 412 g/mol. The number of nitrogens with zero attached hydrogens (tertiary/aromatic N) is 1. The number of aromatic nitrogens is 1. The number of hydrogen-bond donors (Lipinski definition) is 1. The standard InChI is InChI=1S/C25H17NO5/c27-22(18-8-2-1-3-9-18)16-26-14-13-17-7-4-5-12-21(17)23(26)25(30)31-20-11-6-10-19(15-20)24(28)29/h1-15H,16H2/p+1. The van der Waals surface area contributed by atoms with Gasteiger partial charge in [0.1, 0.15) is 5.75 Å². The van der Waals surface area contributed by atoms with E-state index in [4.69, 9.17) is 4.74 Å². The number of carbonyl (C=O) groups excluding carboxylic acids is 2. The fraction of sp³-hybridized carbons (Fsp3) is 0.0400. The maximum atomic E-state index is 13.1. The lowest BCUT2D eigenvalue weighted by Crippen LogP contribution is -2.44. The summed E-state index contributed by atoms with van der Waals surface area (Å²) in [5.41, 5.74) is 0.759. The second kappa shape index (κ2) is 8.59. The highest BCUT2D eigenvalue weighted by Gasteiger charge is 2.27. The molecule has 1 N–H and O–H groups in total. The van der Waals surface area contributed by atoms with Crippen molar-refractivity contribution in [2.24, 2.45) is 0 Å². The molecule has 4 rings (SSSR count). The molecule has 0 aliphatic carbocycles. The first-order valence-corrected chi connectivity index (χ1v) is 9.58. The molecule has 0 bridgehead atoms. The van der Waals surface area contributed by atoms with Crippen molar-refractivity contribution in [2.45, 2.75) is 6.54 Å². The quantitative estimate of drug-likeness (QED) is 0.225. The SMILES string of the molecule is O=C(O)c1cccc(OC(=O)c2c3ccccc3cc[n+]2CC(=O)c2ccccc2)c1. The van der Waals surface area contributed by atoms with Gasteiger partial charge in [-0.3, -0.25) is 4.79 Å². The average Bonchev–Trinajstić information content (AvgIpc) is 2.79. The van der Waals surface area contributed by atoms with Crippen LogP contribution in [0, 0.1) is 0 Å². The molecule has 3 aromatic carbocycles. The van der Waals surface area contributed by atoms with Crippen LogP contribution in [0.3, 0.4) is 0 Å². The molecule has 0 amide bonds. The predicted octanol–water partition coefficient (Wildman–Crippen LogP) is 3.93. The zero-order chi connectivity index (χ0) is 21.8. The Bertz CT molecular complexity index is 1300. The fourth-order valence-corrected chi connectivity index (χ4v) is 3.33. The van der Waals surface area contributed by atoms with Gasteiger partial charge in [0.15, 0.2) is 6.20 Å². The number of carbonyl (C=O) groups is 3. The Morgan fingerprint density at radius 1 is 0.806 bits per heavy atom. The third-order valence-electron chi connectivity index (χ3n) is 4.83. The Morgan fingerprint density at radius 2 is 1.52 bits per heavy atom. The van der Waals surface area contributed by atoms with E-state index in [1.807, 2.05) is 24.3 Å². The van der Waals surface area contributed by atoms with E-state index in [2.05, 4.69) is 0 Å². The lowest BCUT2D eigenvalue weighted by Gasteiger charge is -2.08. The number of carboxylic acids is 1. The molecule has 152 valence electrons. The summed E-state index contributed by atoms with van der Waals surface area (Å²) in [6.45, 7) is -0.0472. The molecule has 6 nitrogen and oxygen atoms in total. The summed E-state index contributed by atoms with van der Waals surface area (Å²) >= 11 is 0. The number of ether oxygens (including phenoxy) is 1. The Hall–Kier alpha value is -4.32. The molecule has 6 heteroatoms. The highest BCUT2D eigenvalue weighted by atomic mass is 16.5. The summed E-state index contributed by atoms with van der Waals surface area (Å²) in [5.74, 6) is -1.84. The van der Waals surface area contributed by atoms with E-state index in [1.54, 1.807) is 47.2 Å². The Labute approximate surface area is 178 Å². The van der Waals surface area contributed by atoms with E-state index >= 15 is 0 Å². The van der Waals surface area contributed by atoms with Gasteiger partial charge in [0.2, 0.25) is 12.3 Å². The number of hydrogen-bond acceptors (Lipinski definition) is 4. The minimum Gasteiger partial charge on any atom is -0.478 e. The van der Waals surface area contributed by atoms with Crippen LogP contribution in [0.1, 0.15) is 31.2 Å². The first-order chi connectivity index (χ1) is 15.0. The van der Waals surface area contributed by atoms with Crippen LogP contribution in [0.5, 0.6) is 5.75 Å². The number of carboxylic acid groups (broad SMARTS) is 1. The van der Waals surface area contributed by atoms with Crippen molar-refractivity contribution >= 4 is 28.5 Å². The van der Waals surface area contributed by atoms with Crippen molar-refractivity contribution in [1.82, 2.24) is 0 Å². The summed E-state index contributed by atoms with van der Waals surface area (Å²) < 4.78 is 7.05. The molecule has 1 heterocycles. The third kappa shape index (κ3) is 4.33. The van der Waals surface area contributed by atoms with Crippen LogP contribution in [0.25, 0.3) is 10.8 Å². The van der Waals surface area contributed by atoms with Crippen molar-refractivity contribution < 1.29 is 28.8 Å². The molecular formula is C25H18NO5+. The molecule has 0 fully saturated rings. The number of Topliss-reactive ketones (excluding diaryl/α,β-unsaturated/α-hetero) is 1. The molecule has 0 spiro atoms. The van der Waals surface area contributed by atoms with Gasteiger partial charge < -0.3 is 9.84 Å². The molecule has 4 aromatic rings. The van der Waals surface area contributed by atoms with Gasteiger partial charge in [0, 0.05) is 11.6 Å². The first kappa shape index (κ1) is 20.0. The van der Waals surface area contributed by atoms with Crippen LogP contribution in [0.2, 0.25) is 0 Å². The summed E-state index contributed by atoms with van der Waals surface area (Å²) in [7, 11) is 0. The van der Waals surface area contributed by atoms with E-state index in [0.29, 0.717) is 10.9 Å². The van der Waals surface area contributed by atoms with Gasteiger partial charge in [-0.2, -0.15) is 4.57 Å².